The van der Waals surface area contributed by atoms with Crippen LogP contribution in [0.2, 0.25) is 0 Å². The molecule has 3 aromatic rings. The summed E-state index contributed by atoms with van der Waals surface area (Å²) in [6, 6.07) is 4.58. The Hall–Kier alpha value is -2.50. The van der Waals surface area contributed by atoms with Gasteiger partial charge in [0.15, 0.2) is 5.65 Å². The number of anilines is 2. The van der Waals surface area contributed by atoms with Gasteiger partial charge in [-0.2, -0.15) is 5.10 Å². The van der Waals surface area contributed by atoms with Crippen LogP contribution in [0.1, 0.15) is 5.56 Å². The minimum absolute atomic E-state index is 0.253. The van der Waals surface area contributed by atoms with Gasteiger partial charge in [0.2, 0.25) is 0 Å². The van der Waals surface area contributed by atoms with Crippen molar-refractivity contribution in [1.82, 2.24) is 19.7 Å². The van der Waals surface area contributed by atoms with Crippen LogP contribution in [0, 0.1) is 12.7 Å². The summed E-state index contributed by atoms with van der Waals surface area (Å²) in [5, 5.41) is 8.16. The first kappa shape index (κ1) is 11.6. The van der Waals surface area contributed by atoms with Crippen LogP contribution in [0.25, 0.3) is 11.0 Å². The van der Waals surface area contributed by atoms with Crippen LogP contribution in [0.4, 0.5) is 15.9 Å². The highest BCUT2D eigenvalue weighted by molar-refractivity contribution is 5.88. The number of rotatable bonds is 2. The van der Waals surface area contributed by atoms with E-state index in [1.807, 2.05) is 14.0 Å². The average molecular weight is 257 g/mol. The number of aromatic nitrogens is 4. The molecule has 3 rings (SSSR count). The van der Waals surface area contributed by atoms with Crippen LogP contribution in [0.15, 0.2) is 30.7 Å². The zero-order valence-electron chi connectivity index (χ0n) is 10.6. The van der Waals surface area contributed by atoms with Crippen molar-refractivity contribution in [1.29, 1.82) is 0 Å². The molecule has 0 fully saturated rings. The Bertz CT molecular complexity index is 750. The maximum atomic E-state index is 13.1. The molecule has 2 heterocycles. The first-order valence-electron chi connectivity index (χ1n) is 5.81. The molecule has 0 aliphatic heterocycles. The topological polar surface area (TPSA) is 55.6 Å². The van der Waals surface area contributed by atoms with Crippen LogP contribution >= 0.6 is 0 Å². The molecule has 19 heavy (non-hydrogen) atoms. The summed E-state index contributed by atoms with van der Waals surface area (Å²) in [5.41, 5.74) is 2.37. The maximum Gasteiger partial charge on any atom is 0.163 e. The van der Waals surface area contributed by atoms with E-state index in [9.17, 15) is 4.39 Å². The van der Waals surface area contributed by atoms with E-state index in [0.29, 0.717) is 5.82 Å². The Morgan fingerprint density at radius 2 is 2.11 bits per heavy atom. The second-order valence-corrected chi connectivity index (χ2v) is 4.31. The van der Waals surface area contributed by atoms with Crippen molar-refractivity contribution in [3.63, 3.8) is 0 Å². The van der Waals surface area contributed by atoms with Crippen molar-refractivity contribution in [2.24, 2.45) is 7.05 Å². The maximum absolute atomic E-state index is 13.1. The zero-order valence-corrected chi connectivity index (χ0v) is 10.6. The SMILES string of the molecule is Cc1cc(F)ccc1Nc1ncnc2c1cnn2C. The molecule has 0 aliphatic carbocycles. The molecule has 0 radical (unpaired) electrons. The van der Waals surface area contributed by atoms with Gasteiger partial charge in [0.05, 0.1) is 11.6 Å². The molecule has 2 aromatic heterocycles. The quantitative estimate of drug-likeness (QED) is 0.766. The lowest BCUT2D eigenvalue weighted by Crippen LogP contribution is -1.98. The highest BCUT2D eigenvalue weighted by Gasteiger charge is 2.09. The third-order valence-electron chi connectivity index (χ3n) is 2.97. The Morgan fingerprint density at radius 1 is 1.26 bits per heavy atom. The Kier molecular flexibility index (Phi) is 2.63. The molecule has 0 amide bonds. The van der Waals surface area contributed by atoms with E-state index in [4.69, 9.17) is 0 Å². The third-order valence-corrected chi connectivity index (χ3v) is 2.97. The summed E-state index contributed by atoms with van der Waals surface area (Å²) < 4.78 is 14.8. The summed E-state index contributed by atoms with van der Waals surface area (Å²) >= 11 is 0. The van der Waals surface area contributed by atoms with Crippen molar-refractivity contribution in [2.75, 3.05) is 5.32 Å². The predicted molar refractivity (Wildman–Crippen MR) is 70.7 cm³/mol. The molecule has 5 nitrogen and oxygen atoms in total. The molecular weight excluding hydrogens is 245 g/mol. The smallest absolute Gasteiger partial charge is 0.163 e. The minimum Gasteiger partial charge on any atom is -0.339 e. The van der Waals surface area contributed by atoms with Crippen molar-refractivity contribution in [2.45, 2.75) is 6.92 Å². The standard InChI is InChI=1S/C13H12FN5/c1-8-5-9(14)3-4-11(8)18-12-10-6-17-19(2)13(10)16-7-15-12/h3-7H,1-2H3,(H,15,16,18). The second-order valence-electron chi connectivity index (χ2n) is 4.31. The molecule has 1 N–H and O–H groups in total. The van der Waals surface area contributed by atoms with Gasteiger partial charge < -0.3 is 5.32 Å². The molecule has 96 valence electrons. The predicted octanol–water partition coefficient (Wildman–Crippen LogP) is 2.55. The fourth-order valence-electron chi connectivity index (χ4n) is 1.96. The van der Waals surface area contributed by atoms with Crippen LogP contribution < -0.4 is 5.32 Å². The van der Waals surface area contributed by atoms with E-state index < -0.39 is 0 Å². The van der Waals surface area contributed by atoms with Gasteiger partial charge in [0.1, 0.15) is 18.0 Å². The van der Waals surface area contributed by atoms with Crippen LogP contribution in [0.5, 0.6) is 0 Å². The molecule has 6 heteroatoms. The van der Waals surface area contributed by atoms with Crippen molar-refractivity contribution in [3.8, 4) is 0 Å². The molecular formula is C13H12FN5. The number of benzene rings is 1. The number of hydrogen-bond donors (Lipinski definition) is 1. The number of nitrogens with zero attached hydrogens (tertiary/aromatic N) is 4. The lowest BCUT2D eigenvalue weighted by atomic mass is 10.2. The van der Waals surface area contributed by atoms with Crippen molar-refractivity contribution in [3.05, 3.63) is 42.1 Å². The second kappa shape index (κ2) is 4.31. The van der Waals surface area contributed by atoms with Gasteiger partial charge in [-0.3, -0.25) is 4.68 Å². The highest BCUT2D eigenvalue weighted by Crippen LogP contribution is 2.24. The van der Waals surface area contributed by atoms with Gasteiger partial charge in [-0.15, -0.1) is 0 Å². The molecule has 1 aromatic carbocycles. The molecule has 0 aliphatic rings. The third kappa shape index (κ3) is 2.01. The van der Waals surface area contributed by atoms with E-state index >= 15 is 0 Å². The van der Waals surface area contributed by atoms with Gasteiger partial charge in [-0.05, 0) is 30.7 Å². The number of halogens is 1. The molecule has 0 saturated heterocycles. The highest BCUT2D eigenvalue weighted by atomic mass is 19.1. The first-order valence-corrected chi connectivity index (χ1v) is 5.81. The van der Waals surface area contributed by atoms with Gasteiger partial charge in [-0.25, -0.2) is 14.4 Å². The van der Waals surface area contributed by atoms with Crippen molar-refractivity contribution >= 4 is 22.5 Å². The Balaban J connectivity index is 2.06. The average Bonchev–Trinajstić information content (AvgIpc) is 2.76. The van der Waals surface area contributed by atoms with Gasteiger partial charge in [0.25, 0.3) is 0 Å². The van der Waals surface area contributed by atoms with E-state index in [1.54, 1.807) is 16.9 Å². The molecule has 0 spiro atoms. The fourth-order valence-corrected chi connectivity index (χ4v) is 1.96. The molecule has 0 atom stereocenters. The first-order chi connectivity index (χ1) is 9.15. The van der Waals surface area contributed by atoms with Crippen LogP contribution in [0.3, 0.4) is 0 Å². The van der Waals surface area contributed by atoms with Gasteiger partial charge >= 0.3 is 0 Å². The van der Waals surface area contributed by atoms with Crippen LogP contribution in [-0.2, 0) is 7.05 Å². The Morgan fingerprint density at radius 3 is 2.89 bits per heavy atom. The molecule has 0 unspecified atom stereocenters. The number of hydrogen-bond acceptors (Lipinski definition) is 4. The summed E-state index contributed by atoms with van der Waals surface area (Å²) in [5.74, 6) is 0.407. The van der Waals surface area contributed by atoms with Crippen LogP contribution in [-0.4, -0.2) is 19.7 Å². The van der Waals surface area contributed by atoms with Gasteiger partial charge in [-0.1, -0.05) is 0 Å². The zero-order chi connectivity index (χ0) is 13.4. The van der Waals surface area contributed by atoms with E-state index in [2.05, 4.69) is 20.4 Å². The number of fused-ring (bicyclic) bond motifs is 1. The fraction of sp³-hybridized carbons (Fsp3) is 0.154. The summed E-state index contributed by atoms with van der Waals surface area (Å²) in [6.45, 7) is 1.84. The summed E-state index contributed by atoms with van der Waals surface area (Å²) in [7, 11) is 1.82. The van der Waals surface area contributed by atoms with E-state index in [0.717, 1.165) is 22.3 Å². The normalized spacial score (nSPS) is 10.9. The summed E-state index contributed by atoms with van der Waals surface area (Å²) in [4.78, 5) is 8.38. The minimum atomic E-state index is -0.253. The summed E-state index contributed by atoms with van der Waals surface area (Å²) in [6.07, 6.45) is 3.18. The van der Waals surface area contributed by atoms with E-state index in [1.165, 1.54) is 18.5 Å². The van der Waals surface area contributed by atoms with Crippen molar-refractivity contribution < 1.29 is 4.39 Å². The van der Waals surface area contributed by atoms with E-state index in [-0.39, 0.29) is 5.82 Å². The molecule has 0 bridgehead atoms. The number of nitrogens with one attached hydrogen (secondary N) is 1. The Labute approximate surface area is 109 Å². The monoisotopic (exact) mass is 257 g/mol. The van der Waals surface area contributed by atoms with Gasteiger partial charge in [0, 0.05) is 12.7 Å². The largest absolute Gasteiger partial charge is 0.339 e. The lowest BCUT2D eigenvalue weighted by molar-refractivity contribution is 0.627. The lowest BCUT2D eigenvalue weighted by Gasteiger charge is -2.09. The number of aryl methyl sites for hydroxylation is 2. The molecule has 0 saturated carbocycles.